The van der Waals surface area contributed by atoms with Gasteiger partial charge in [0.15, 0.2) is 0 Å². The molecule has 27 heavy (non-hydrogen) atoms. The van der Waals surface area contributed by atoms with Gasteiger partial charge in [-0.25, -0.2) is 8.42 Å². The maximum atomic E-state index is 13.0. The van der Waals surface area contributed by atoms with E-state index in [2.05, 4.69) is 10.1 Å². The molecule has 1 aliphatic heterocycles. The van der Waals surface area contributed by atoms with Crippen molar-refractivity contribution in [3.05, 3.63) is 60.5 Å². The topological polar surface area (TPSA) is 85.5 Å². The number of benzene rings is 2. The van der Waals surface area contributed by atoms with Crippen LogP contribution in [0.3, 0.4) is 0 Å². The van der Waals surface area contributed by atoms with Crippen molar-refractivity contribution in [2.24, 2.45) is 0 Å². The lowest BCUT2D eigenvalue weighted by Gasteiger charge is -2.21. The number of ether oxygens (including phenoxy) is 1. The molecule has 2 aromatic carbocycles. The van der Waals surface area contributed by atoms with E-state index >= 15 is 0 Å². The van der Waals surface area contributed by atoms with E-state index in [1.165, 1.54) is 4.31 Å². The molecule has 140 valence electrons. The summed E-state index contributed by atoms with van der Waals surface area (Å²) in [4.78, 5) is 4.72. The number of sulfonamides is 1. The molecule has 1 atom stereocenters. The molecule has 4 rings (SSSR count). The molecule has 1 aromatic heterocycles. The zero-order chi connectivity index (χ0) is 18.9. The predicted molar refractivity (Wildman–Crippen MR) is 98.6 cm³/mol. The molecule has 0 N–H and O–H groups in total. The smallest absolute Gasteiger partial charge is 0.245 e. The van der Waals surface area contributed by atoms with E-state index in [4.69, 9.17) is 9.26 Å². The number of methoxy groups -OCH3 is 1. The van der Waals surface area contributed by atoms with Crippen molar-refractivity contribution < 1.29 is 17.7 Å². The van der Waals surface area contributed by atoms with Crippen LogP contribution in [0.15, 0.2) is 64.0 Å². The van der Waals surface area contributed by atoms with Crippen molar-refractivity contribution in [3.8, 4) is 17.1 Å². The highest BCUT2D eigenvalue weighted by Crippen LogP contribution is 2.36. The van der Waals surface area contributed by atoms with E-state index in [-0.39, 0.29) is 4.90 Å². The van der Waals surface area contributed by atoms with Crippen LogP contribution in [-0.4, -0.2) is 36.5 Å². The van der Waals surface area contributed by atoms with Gasteiger partial charge in [0, 0.05) is 12.1 Å². The lowest BCUT2D eigenvalue weighted by atomic mass is 10.2. The fourth-order valence-corrected chi connectivity index (χ4v) is 4.90. The molecule has 1 fully saturated rings. The zero-order valence-electron chi connectivity index (χ0n) is 14.8. The standard InChI is InChI=1S/C19H19N3O4S/c1-25-15-11-9-14(10-12-15)18-20-19(26-21-18)17-8-5-13-22(17)27(23,24)16-6-3-2-4-7-16/h2-4,6-7,9-12,17H,5,8,13H2,1H3. The summed E-state index contributed by atoms with van der Waals surface area (Å²) in [5, 5.41) is 4.03. The van der Waals surface area contributed by atoms with E-state index in [0.717, 1.165) is 17.7 Å². The molecule has 0 spiro atoms. The molecule has 0 saturated carbocycles. The number of nitrogens with zero attached hydrogens (tertiary/aromatic N) is 3. The number of aromatic nitrogens is 2. The average Bonchev–Trinajstić information content (AvgIpc) is 3.38. The van der Waals surface area contributed by atoms with E-state index in [0.29, 0.717) is 24.7 Å². The highest BCUT2D eigenvalue weighted by molar-refractivity contribution is 7.89. The van der Waals surface area contributed by atoms with Gasteiger partial charge in [-0.3, -0.25) is 0 Å². The molecule has 1 saturated heterocycles. The molecule has 0 amide bonds. The molecule has 0 aliphatic carbocycles. The summed E-state index contributed by atoms with van der Waals surface area (Å²) in [5.74, 6) is 1.48. The Morgan fingerprint density at radius 3 is 2.56 bits per heavy atom. The molecular formula is C19H19N3O4S. The quantitative estimate of drug-likeness (QED) is 0.670. The van der Waals surface area contributed by atoms with Crippen LogP contribution in [0.25, 0.3) is 11.4 Å². The molecule has 1 unspecified atom stereocenters. The minimum absolute atomic E-state index is 0.270. The fourth-order valence-electron chi connectivity index (χ4n) is 3.23. The van der Waals surface area contributed by atoms with Crippen LogP contribution in [0, 0.1) is 0 Å². The summed E-state index contributed by atoms with van der Waals surface area (Å²) in [6, 6.07) is 15.3. The van der Waals surface area contributed by atoms with Gasteiger partial charge < -0.3 is 9.26 Å². The molecular weight excluding hydrogens is 366 g/mol. The molecule has 2 heterocycles. The molecule has 0 bridgehead atoms. The predicted octanol–water partition coefficient (Wildman–Crippen LogP) is 3.27. The Labute approximate surface area is 157 Å². The third kappa shape index (κ3) is 3.33. The van der Waals surface area contributed by atoms with Crippen LogP contribution in [-0.2, 0) is 10.0 Å². The minimum atomic E-state index is -3.61. The van der Waals surface area contributed by atoms with Crippen molar-refractivity contribution in [1.29, 1.82) is 0 Å². The largest absolute Gasteiger partial charge is 0.497 e. The van der Waals surface area contributed by atoms with Crippen molar-refractivity contribution in [3.63, 3.8) is 0 Å². The lowest BCUT2D eigenvalue weighted by Crippen LogP contribution is -2.30. The first-order chi connectivity index (χ1) is 13.1. The van der Waals surface area contributed by atoms with Gasteiger partial charge in [0.05, 0.1) is 12.0 Å². The third-order valence-corrected chi connectivity index (χ3v) is 6.55. The number of hydrogen-bond acceptors (Lipinski definition) is 6. The van der Waals surface area contributed by atoms with E-state index in [1.54, 1.807) is 37.4 Å². The number of rotatable bonds is 5. The normalized spacial score (nSPS) is 17.9. The van der Waals surface area contributed by atoms with Crippen LogP contribution in [0.4, 0.5) is 0 Å². The van der Waals surface area contributed by atoms with Gasteiger partial charge >= 0.3 is 0 Å². The summed E-state index contributed by atoms with van der Waals surface area (Å²) in [6.07, 6.45) is 1.40. The van der Waals surface area contributed by atoms with Gasteiger partial charge in [0.2, 0.25) is 21.7 Å². The van der Waals surface area contributed by atoms with Crippen LogP contribution < -0.4 is 4.74 Å². The third-order valence-electron chi connectivity index (χ3n) is 4.63. The van der Waals surface area contributed by atoms with E-state index in [9.17, 15) is 8.42 Å². The highest BCUT2D eigenvalue weighted by atomic mass is 32.2. The van der Waals surface area contributed by atoms with Crippen molar-refractivity contribution in [2.75, 3.05) is 13.7 Å². The van der Waals surface area contributed by atoms with Gasteiger partial charge in [-0.15, -0.1) is 0 Å². The summed E-state index contributed by atoms with van der Waals surface area (Å²) in [5.41, 5.74) is 0.779. The Kier molecular flexibility index (Phi) is 4.67. The van der Waals surface area contributed by atoms with E-state index in [1.807, 2.05) is 24.3 Å². The van der Waals surface area contributed by atoms with Crippen molar-refractivity contribution in [1.82, 2.24) is 14.4 Å². The van der Waals surface area contributed by atoms with Crippen molar-refractivity contribution in [2.45, 2.75) is 23.8 Å². The summed E-state index contributed by atoms with van der Waals surface area (Å²) < 4.78 is 38.0. The van der Waals surface area contributed by atoms with Crippen LogP contribution >= 0.6 is 0 Å². The first-order valence-electron chi connectivity index (χ1n) is 8.64. The molecule has 3 aromatic rings. The highest BCUT2D eigenvalue weighted by Gasteiger charge is 2.39. The van der Waals surface area contributed by atoms with Gasteiger partial charge in [0.25, 0.3) is 0 Å². The second-order valence-corrected chi connectivity index (χ2v) is 8.16. The second kappa shape index (κ2) is 7.13. The Bertz CT molecular complexity index is 1020. The van der Waals surface area contributed by atoms with Gasteiger partial charge in [-0.05, 0) is 49.2 Å². The summed E-state index contributed by atoms with van der Waals surface area (Å²) in [6.45, 7) is 0.433. The maximum Gasteiger partial charge on any atom is 0.245 e. The molecule has 7 nitrogen and oxygen atoms in total. The monoisotopic (exact) mass is 385 g/mol. The molecule has 8 heteroatoms. The first-order valence-corrected chi connectivity index (χ1v) is 10.1. The Balaban J connectivity index is 1.62. The van der Waals surface area contributed by atoms with Crippen LogP contribution in [0.2, 0.25) is 0 Å². The van der Waals surface area contributed by atoms with Gasteiger partial charge in [-0.1, -0.05) is 23.4 Å². The summed E-state index contributed by atoms with van der Waals surface area (Å²) in [7, 11) is -2.01. The average molecular weight is 385 g/mol. The Morgan fingerprint density at radius 1 is 1.11 bits per heavy atom. The number of hydrogen-bond donors (Lipinski definition) is 0. The van der Waals surface area contributed by atoms with Crippen molar-refractivity contribution >= 4 is 10.0 Å². The molecule has 1 aliphatic rings. The Morgan fingerprint density at radius 2 is 1.85 bits per heavy atom. The van der Waals surface area contributed by atoms with Gasteiger partial charge in [-0.2, -0.15) is 9.29 Å². The molecule has 0 radical (unpaired) electrons. The van der Waals surface area contributed by atoms with Gasteiger partial charge in [0.1, 0.15) is 11.8 Å². The Hall–Kier alpha value is -2.71. The van der Waals surface area contributed by atoms with Crippen LogP contribution in [0.5, 0.6) is 5.75 Å². The second-order valence-electron chi connectivity index (χ2n) is 6.27. The maximum absolute atomic E-state index is 13.0. The minimum Gasteiger partial charge on any atom is -0.497 e. The van der Waals surface area contributed by atoms with Crippen LogP contribution in [0.1, 0.15) is 24.8 Å². The first kappa shape index (κ1) is 17.7. The lowest BCUT2D eigenvalue weighted by molar-refractivity contribution is 0.290. The summed E-state index contributed by atoms with van der Waals surface area (Å²) >= 11 is 0. The zero-order valence-corrected chi connectivity index (χ0v) is 15.6. The SMILES string of the molecule is COc1ccc(-c2noc(C3CCCN3S(=O)(=O)c3ccccc3)n2)cc1. The van der Waals surface area contributed by atoms with E-state index < -0.39 is 16.1 Å². The fraction of sp³-hybridized carbons (Fsp3) is 0.263.